The van der Waals surface area contributed by atoms with Crippen molar-refractivity contribution in [1.29, 1.82) is 0 Å². The maximum Gasteiger partial charge on any atom is 0.490 e. The maximum absolute atomic E-state index is 11.6. The first-order valence-corrected chi connectivity index (χ1v) is 12.1. The summed E-state index contributed by atoms with van der Waals surface area (Å²) in [6.45, 7) is 2.50. The van der Waals surface area contributed by atoms with Crippen LogP contribution in [0.15, 0.2) is 47.4 Å². The Morgan fingerprint density at radius 2 is 1.76 bits per heavy atom. The number of hydrogen-bond donors (Lipinski definition) is 4. The number of piperidine rings is 1. The number of para-hydroxylation sites is 2. The van der Waals surface area contributed by atoms with Crippen LogP contribution in [-0.4, -0.2) is 50.5 Å². The van der Waals surface area contributed by atoms with Crippen molar-refractivity contribution in [3.8, 4) is 0 Å². The molecule has 8 nitrogen and oxygen atoms in total. The third-order valence-corrected chi connectivity index (χ3v) is 6.54. The van der Waals surface area contributed by atoms with Gasteiger partial charge in [0.2, 0.25) is 10.0 Å². The molecular formula is C21H25ClF3N3O5S. The number of halogens is 4. The lowest BCUT2D eigenvalue weighted by atomic mass is 9.97. The molecule has 188 valence electrons. The van der Waals surface area contributed by atoms with Crippen molar-refractivity contribution < 1.29 is 36.6 Å². The standard InChI is InChI=1S/C19H24ClN3O3S.C2HF3O2/c20-16-6-5-15(11-19(16)27(21,25)26)12-22-17-3-1-2-4-18(17)23-9-7-14(13-24)8-10-23;3-2(4,5)1(6)7/h1-6,11,14,22,24H,7-10,12-13H2,(H2,21,25,26);(H,6,7). The van der Waals surface area contributed by atoms with E-state index in [2.05, 4.69) is 16.3 Å². The van der Waals surface area contributed by atoms with E-state index < -0.39 is 22.2 Å². The van der Waals surface area contributed by atoms with Crippen molar-refractivity contribution in [2.24, 2.45) is 11.1 Å². The quantitative estimate of drug-likeness (QED) is 0.456. The number of aliphatic hydroxyl groups excluding tert-OH is 1. The fourth-order valence-corrected chi connectivity index (χ4v) is 4.42. The Kier molecular flexibility index (Phi) is 9.56. The van der Waals surface area contributed by atoms with Gasteiger partial charge in [-0.3, -0.25) is 0 Å². The lowest BCUT2D eigenvalue weighted by Gasteiger charge is -2.34. The van der Waals surface area contributed by atoms with E-state index in [9.17, 15) is 26.7 Å². The smallest absolute Gasteiger partial charge is 0.475 e. The minimum atomic E-state index is -5.08. The summed E-state index contributed by atoms with van der Waals surface area (Å²) in [5.41, 5.74) is 2.86. The Morgan fingerprint density at radius 3 is 2.29 bits per heavy atom. The largest absolute Gasteiger partial charge is 0.490 e. The molecule has 1 aliphatic rings. The van der Waals surface area contributed by atoms with Gasteiger partial charge in [-0.25, -0.2) is 18.4 Å². The summed E-state index contributed by atoms with van der Waals surface area (Å²) in [6, 6.07) is 12.9. The first-order valence-electron chi connectivity index (χ1n) is 10.1. The zero-order chi connectivity index (χ0) is 25.5. The van der Waals surface area contributed by atoms with E-state index in [1.54, 1.807) is 12.1 Å². The number of primary sulfonamides is 1. The monoisotopic (exact) mass is 523 g/mol. The number of nitrogens with zero attached hydrogens (tertiary/aromatic N) is 1. The van der Waals surface area contributed by atoms with Gasteiger partial charge in [0.15, 0.2) is 0 Å². The molecule has 1 heterocycles. The number of rotatable bonds is 6. The van der Waals surface area contributed by atoms with E-state index in [-0.39, 0.29) is 16.5 Å². The number of aliphatic carboxylic acids is 1. The molecule has 34 heavy (non-hydrogen) atoms. The highest BCUT2D eigenvalue weighted by Gasteiger charge is 2.38. The van der Waals surface area contributed by atoms with Crippen LogP contribution in [0.4, 0.5) is 24.5 Å². The number of carboxylic acids is 1. The van der Waals surface area contributed by atoms with Crippen molar-refractivity contribution in [3.05, 3.63) is 53.1 Å². The molecule has 0 saturated carbocycles. The molecule has 13 heteroatoms. The van der Waals surface area contributed by atoms with E-state index in [4.69, 9.17) is 26.6 Å². The highest BCUT2D eigenvalue weighted by molar-refractivity contribution is 7.89. The highest BCUT2D eigenvalue weighted by atomic mass is 35.5. The summed E-state index contributed by atoms with van der Waals surface area (Å²) in [7, 11) is -3.86. The zero-order valence-electron chi connectivity index (χ0n) is 17.9. The van der Waals surface area contributed by atoms with Crippen LogP contribution < -0.4 is 15.4 Å². The summed E-state index contributed by atoms with van der Waals surface area (Å²) >= 11 is 5.94. The minimum Gasteiger partial charge on any atom is -0.475 e. The first-order chi connectivity index (χ1) is 15.8. The average Bonchev–Trinajstić information content (AvgIpc) is 2.78. The van der Waals surface area contributed by atoms with Crippen LogP contribution in [-0.2, 0) is 21.4 Å². The van der Waals surface area contributed by atoms with Crippen LogP contribution in [0.3, 0.4) is 0 Å². The van der Waals surface area contributed by atoms with Crippen LogP contribution in [0.5, 0.6) is 0 Å². The normalized spacial score (nSPS) is 14.8. The van der Waals surface area contributed by atoms with Gasteiger partial charge in [-0.2, -0.15) is 13.2 Å². The molecule has 0 unspecified atom stereocenters. The number of carboxylic acid groups (broad SMARTS) is 1. The van der Waals surface area contributed by atoms with Crippen molar-refractivity contribution in [3.63, 3.8) is 0 Å². The molecular weight excluding hydrogens is 499 g/mol. The molecule has 2 aromatic carbocycles. The van der Waals surface area contributed by atoms with E-state index >= 15 is 0 Å². The summed E-state index contributed by atoms with van der Waals surface area (Å²) in [5.74, 6) is -2.38. The molecule has 2 aromatic rings. The number of nitrogens with two attached hydrogens (primary N) is 1. The van der Waals surface area contributed by atoms with E-state index in [0.717, 1.165) is 42.9 Å². The minimum absolute atomic E-state index is 0.0668. The molecule has 0 radical (unpaired) electrons. The predicted octanol–water partition coefficient (Wildman–Crippen LogP) is 3.44. The highest BCUT2D eigenvalue weighted by Crippen LogP contribution is 2.30. The summed E-state index contributed by atoms with van der Waals surface area (Å²) in [6.07, 6.45) is -3.14. The third kappa shape index (κ3) is 8.05. The zero-order valence-corrected chi connectivity index (χ0v) is 19.5. The van der Waals surface area contributed by atoms with E-state index in [1.165, 1.54) is 6.07 Å². The van der Waals surface area contributed by atoms with Gasteiger partial charge >= 0.3 is 12.1 Å². The van der Waals surface area contributed by atoms with Gasteiger partial charge < -0.3 is 20.4 Å². The van der Waals surface area contributed by atoms with Crippen molar-refractivity contribution in [2.75, 3.05) is 29.9 Å². The SMILES string of the molecule is NS(=O)(=O)c1cc(CNc2ccccc2N2CCC(CO)CC2)ccc1Cl.O=C(O)C(F)(F)F. The summed E-state index contributed by atoms with van der Waals surface area (Å²) in [5, 5.41) is 25.2. The topological polar surface area (TPSA) is 133 Å². The van der Waals surface area contributed by atoms with Gasteiger partial charge in [-0.1, -0.05) is 29.8 Å². The second-order valence-electron chi connectivity index (χ2n) is 7.60. The van der Waals surface area contributed by atoms with Crippen LogP contribution in [0.25, 0.3) is 0 Å². The van der Waals surface area contributed by atoms with Crippen molar-refractivity contribution in [2.45, 2.75) is 30.5 Å². The van der Waals surface area contributed by atoms with Gasteiger partial charge in [0, 0.05) is 26.2 Å². The fraction of sp³-hybridized carbons (Fsp3) is 0.381. The first kappa shape index (κ1) is 27.7. The molecule has 0 bridgehead atoms. The average molecular weight is 524 g/mol. The van der Waals surface area contributed by atoms with Crippen LogP contribution in [0, 0.1) is 5.92 Å². The Hall–Kier alpha value is -2.54. The van der Waals surface area contributed by atoms with Gasteiger partial charge in [0.25, 0.3) is 0 Å². The van der Waals surface area contributed by atoms with Crippen molar-refractivity contribution in [1.82, 2.24) is 0 Å². The van der Waals surface area contributed by atoms with E-state index in [1.807, 2.05) is 18.2 Å². The molecule has 5 N–H and O–H groups in total. The molecule has 0 spiro atoms. The van der Waals surface area contributed by atoms with Gasteiger partial charge in [0.05, 0.1) is 16.4 Å². The Bertz CT molecular complexity index is 1090. The third-order valence-electron chi connectivity index (χ3n) is 5.15. The molecule has 1 saturated heterocycles. The van der Waals surface area contributed by atoms with Gasteiger partial charge in [-0.05, 0) is 48.6 Å². The number of anilines is 2. The molecule has 0 atom stereocenters. The molecule has 0 aromatic heterocycles. The number of nitrogens with one attached hydrogen (secondary N) is 1. The van der Waals surface area contributed by atoms with Gasteiger partial charge in [-0.15, -0.1) is 0 Å². The number of hydrogen-bond acceptors (Lipinski definition) is 6. The molecule has 0 amide bonds. The molecule has 0 aliphatic carbocycles. The number of carbonyl (C=O) groups is 1. The Morgan fingerprint density at radius 1 is 1.18 bits per heavy atom. The maximum atomic E-state index is 11.6. The molecule has 1 fully saturated rings. The number of benzene rings is 2. The summed E-state index contributed by atoms with van der Waals surface area (Å²) < 4.78 is 55.0. The Labute approximate surface area is 200 Å². The van der Waals surface area contributed by atoms with Crippen LogP contribution in [0.1, 0.15) is 18.4 Å². The number of alkyl halides is 3. The lowest BCUT2D eigenvalue weighted by molar-refractivity contribution is -0.192. The lowest BCUT2D eigenvalue weighted by Crippen LogP contribution is -2.35. The number of sulfonamides is 1. The van der Waals surface area contributed by atoms with Crippen LogP contribution in [0.2, 0.25) is 5.02 Å². The summed E-state index contributed by atoms with van der Waals surface area (Å²) in [4.78, 5) is 11.1. The number of aliphatic hydroxyl groups is 1. The molecule has 3 rings (SSSR count). The van der Waals surface area contributed by atoms with E-state index in [0.29, 0.717) is 12.5 Å². The molecule has 1 aliphatic heterocycles. The second kappa shape index (κ2) is 11.7. The fourth-order valence-electron chi connectivity index (χ4n) is 3.33. The van der Waals surface area contributed by atoms with Crippen molar-refractivity contribution >= 4 is 39.0 Å². The van der Waals surface area contributed by atoms with Crippen LogP contribution >= 0.6 is 11.6 Å². The predicted molar refractivity (Wildman–Crippen MR) is 122 cm³/mol. The van der Waals surface area contributed by atoms with Gasteiger partial charge in [0.1, 0.15) is 4.90 Å². The second-order valence-corrected chi connectivity index (χ2v) is 9.53. The Balaban J connectivity index is 0.000000509.